The van der Waals surface area contributed by atoms with Crippen molar-refractivity contribution in [2.24, 2.45) is 5.73 Å². The van der Waals surface area contributed by atoms with Gasteiger partial charge in [0.25, 0.3) is 5.91 Å². The fourth-order valence-electron chi connectivity index (χ4n) is 3.44. The number of carbonyl (C=O) groups excluding carboxylic acids is 3. The molecule has 1 aromatic heterocycles. The van der Waals surface area contributed by atoms with Gasteiger partial charge in [-0.2, -0.15) is 0 Å². The second-order valence-electron chi connectivity index (χ2n) is 6.57. The van der Waals surface area contributed by atoms with E-state index in [1.165, 1.54) is 0 Å². The zero-order valence-electron chi connectivity index (χ0n) is 16.1. The van der Waals surface area contributed by atoms with Crippen LogP contribution in [0.5, 0.6) is 0 Å². The van der Waals surface area contributed by atoms with E-state index < -0.39 is 5.91 Å². The van der Waals surface area contributed by atoms with Crippen LogP contribution >= 0.6 is 11.6 Å². The number of primary amides is 1. The minimum atomic E-state index is -0.634. The highest BCUT2D eigenvalue weighted by atomic mass is 35.5. The molecular weight excluding hydrogens is 396 g/mol. The summed E-state index contributed by atoms with van der Waals surface area (Å²) in [5, 5.41) is 3.00. The van der Waals surface area contributed by atoms with Gasteiger partial charge in [0, 0.05) is 19.6 Å². The smallest absolute Gasteiger partial charge is 0.317 e. The lowest BCUT2D eigenvalue weighted by Crippen LogP contribution is -2.45. The highest BCUT2D eigenvalue weighted by Crippen LogP contribution is 2.37. The molecule has 0 radical (unpaired) electrons. The number of hydrogen-bond donors (Lipinski definition) is 2. The van der Waals surface area contributed by atoms with Crippen LogP contribution in [-0.2, 0) is 22.6 Å². The Kier molecular flexibility index (Phi) is 6.43. The van der Waals surface area contributed by atoms with Gasteiger partial charge in [0.1, 0.15) is 0 Å². The van der Waals surface area contributed by atoms with Gasteiger partial charge in [0.15, 0.2) is 0 Å². The van der Waals surface area contributed by atoms with E-state index in [0.717, 1.165) is 11.3 Å². The van der Waals surface area contributed by atoms with Crippen LogP contribution in [0.15, 0.2) is 30.3 Å². The molecule has 2 heterocycles. The summed E-state index contributed by atoms with van der Waals surface area (Å²) in [5.74, 6) is -0.999. The molecule has 0 unspecified atom stereocenters. The van der Waals surface area contributed by atoms with Gasteiger partial charge >= 0.3 is 12.0 Å². The maximum absolute atomic E-state index is 12.5. The number of benzene rings is 1. The predicted octanol–water partition coefficient (Wildman–Crippen LogP) is 2.39. The number of aromatic nitrogens is 1. The van der Waals surface area contributed by atoms with Crippen molar-refractivity contribution < 1.29 is 19.1 Å². The maximum Gasteiger partial charge on any atom is 0.317 e. The quantitative estimate of drug-likeness (QED) is 0.702. The van der Waals surface area contributed by atoms with Gasteiger partial charge in [-0.05, 0) is 12.5 Å². The number of nitrogens with two attached hydrogens (primary N) is 1. The van der Waals surface area contributed by atoms with E-state index >= 15 is 0 Å². The third kappa shape index (κ3) is 4.37. The molecule has 1 aliphatic rings. The summed E-state index contributed by atoms with van der Waals surface area (Å²) in [6, 6.07) is 9.18. The van der Waals surface area contributed by atoms with E-state index in [1.807, 2.05) is 34.9 Å². The Morgan fingerprint density at radius 3 is 2.59 bits per heavy atom. The molecule has 154 valence electrons. The van der Waals surface area contributed by atoms with Crippen molar-refractivity contribution in [3.05, 3.63) is 46.6 Å². The first-order valence-electron chi connectivity index (χ1n) is 9.38. The lowest BCUT2D eigenvalue weighted by atomic mass is 10.1. The molecule has 0 saturated carbocycles. The molecule has 1 aromatic carbocycles. The average Bonchev–Trinajstić information content (AvgIpc) is 2.99. The number of nitrogens with one attached hydrogen (secondary N) is 1. The Morgan fingerprint density at radius 1 is 1.21 bits per heavy atom. The number of amides is 3. The van der Waals surface area contributed by atoms with Crippen LogP contribution in [0.25, 0.3) is 11.3 Å². The number of halogens is 1. The third-order valence-electron chi connectivity index (χ3n) is 4.74. The fourth-order valence-corrected chi connectivity index (χ4v) is 3.86. The number of carbonyl (C=O) groups is 3. The van der Waals surface area contributed by atoms with Crippen molar-refractivity contribution in [3.63, 3.8) is 0 Å². The van der Waals surface area contributed by atoms with E-state index in [4.69, 9.17) is 22.1 Å². The number of esters is 1. The Labute approximate surface area is 173 Å². The second kappa shape index (κ2) is 9.00. The van der Waals surface area contributed by atoms with Gasteiger partial charge < -0.3 is 25.3 Å². The number of rotatable bonds is 6. The molecule has 0 atom stereocenters. The second-order valence-corrected chi connectivity index (χ2v) is 6.95. The number of hydrogen-bond acceptors (Lipinski definition) is 4. The fraction of sp³-hybridized carbons (Fsp3) is 0.350. The van der Waals surface area contributed by atoms with E-state index in [0.29, 0.717) is 30.4 Å². The highest BCUT2D eigenvalue weighted by Gasteiger charge is 2.31. The first kappa shape index (κ1) is 20.7. The van der Waals surface area contributed by atoms with Crippen molar-refractivity contribution in [1.82, 2.24) is 14.8 Å². The van der Waals surface area contributed by atoms with Gasteiger partial charge in [-0.15, -0.1) is 0 Å². The summed E-state index contributed by atoms with van der Waals surface area (Å²) >= 11 is 6.53. The zero-order chi connectivity index (χ0) is 21.0. The predicted molar refractivity (Wildman–Crippen MR) is 108 cm³/mol. The van der Waals surface area contributed by atoms with Crippen LogP contribution in [0, 0.1) is 0 Å². The largest absolute Gasteiger partial charge is 0.466 e. The number of urea groups is 1. The molecule has 8 nitrogen and oxygen atoms in total. The molecule has 0 spiro atoms. The van der Waals surface area contributed by atoms with Crippen LogP contribution in [0.1, 0.15) is 29.4 Å². The molecule has 2 aromatic rings. The Bertz CT molecular complexity index is 926. The zero-order valence-corrected chi connectivity index (χ0v) is 16.9. The summed E-state index contributed by atoms with van der Waals surface area (Å²) in [7, 11) is 0. The first-order valence-corrected chi connectivity index (χ1v) is 9.76. The summed E-state index contributed by atoms with van der Waals surface area (Å²) < 4.78 is 6.79. The molecule has 3 amide bonds. The third-order valence-corrected chi connectivity index (χ3v) is 5.11. The standard InChI is InChI=1S/C20H23ClN4O4/c1-2-29-15(26)8-9-23-20(28)24-10-11-25-14(12-24)16(19(22)27)17(21)18(25)13-6-4-3-5-7-13/h3-7H,2,8-12H2,1H3,(H2,22,27)(H,23,28). The number of ether oxygens (including phenoxy) is 1. The summed E-state index contributed by atoms with van der Waals surface area (Å²) in [4.78, 5) is 37.5. The minimum absolute atomic E-state index is 0.0975. The van der Waals surface area contributed by atoms with Crippen molar-refractivity contribution >= 4 is 29.5 Å². The molecule has 1 aliphatic heterocycles. The molecule has 0 bridgehead atoms. The van der Waals surface area contributed by atoms with E-state index in [9.17, 15) is 14.4 Å². The Hall–Kier alpha value is -3.00. The van der Waals surface area contributed by atoms with E-state index in [2.05, 4.69) is 5.32 Å². The maximum atomic E-state index is 12.5. The molecule has 0 fully saturated rings. The molecule has 9 heteroatoms. The number of nitrogens with zero attached hydrogens (tertiary/aromatic N) is 2. The molecule has 0 aliphatic carbocycles. The SMILES string of the molecule is CCOC(=O)CCNC(=O)N1CCn2c(c(C(N)=O)c(Cl)c2-c2ccccc2)C1. The van der Waals surface area contributed by atoms with Crippen LogP contribution in [0.3, 0.4) is 0 Å². The van der Waals surface area contributed by atoms with Crippen molar-refractivity contribution in [2.75, 3.05) is 19.7 Å². The molecule has 3 N–H and O–H groups in total. The lowest BCUT2D eigenvalue weighted by Gasteiger charge is -2.30. The van der Waals surface area contributed by atoms with Crippen molar-refractivity contribution in [3.8, 4) is 11.3 Å². The van der Waals surface area contributed by atoms with Gasteiger partial charge in [0.2, 0.25) is 0 Å². The molecule has 3 rings (SSSR count). The topological polar surface area (TPSA) is 107 Å². The van der Waals surface area contributed by atoms with Gasteiger partial charge in [0.05, 0.1) is 41.5 Å². The highest BCUT2D eigenvalue weighted by molar-refractivity contribution is 6.36. The summed E-state index contributed by atoms with van der Waals surface area (Å²) in [6.45, 7) is 3.30. The summed E-state index contributed by atoms with van der Waals surface area (Å²) in [6.07, 6.45) is 0.0975. The first-order chi connectivity index (χ1) is 13.9. The number of fused-ring (bicyclic) bond motifs is 1. The van der Waals surface area contributed by atoms with Gasteiger partial charge in [-0.25, -0.2) is 4.79 Å². The van der Waals surface area contributed by atoms with Crippen LogP contribution in [0.2, 0.25) is 5.02 Å². The van der Waals surface area contributed by atoms with Gasteiger partial charge in [-0.1, -0.05) is 41.9 Å². The molecular formula is C20H23ClN4O4. The monoisotopic (exact) mass is 418 g/mol. The Balaban J connectivity index is 1.80. The van der Waals surface area contributed by atoms with Gasteiger partial charge in [-0.3, -0.25) is 9.59 Å². The lowest BCUT2D eigenvalue weighted by molar-refractivity contribution is -0.142. The Morgan fingerprint density at radius 2 is 1.93 bits per heavy atom. The molecule has 29 heavy (non-hydrogen) atoms. The molecule has 0 saturated heterocycles. The van der Waals surface area contributed by atoms with Crippen LogP contribution < -0.4 is 11.1 Å². The average molecular weight is 419 g/mol. The van der Waals surface area contributed by atoms with Crippen LogP contribution in [0.4, 0.5) is 4.79 Å². The normalized spacial score (nSPS) is 13.0. The van der Waals surface area contributed by atoms with Crippen molar-refractivity contribution in [2.45, 2.75) is 26.4 Å². The van der Waals surface area contributed by atoms with Crippen molar-refractivity contribution in [1.29, 1.82) is 0 Å². The minimum Gasteiger partial charge on any atom is -0.466 e. The van der Waals surface area contributed by atoms with E-state index in [1.54, 1.807) is 11.8 Å². The van der Waals surface area contributed by atoms with E-state index in [-0.39, 0.29) is 37.1 Å². The summed E-state index contributed by atoms with van der Waals surface area (Å²) in [5.41, 5.74) is 8.02. The van der Waals surface area contributed by atoms with Crippen LogP contribution in [-0.4, -0.2) is 47.1 Å².